The molecule has 4 atom stereocenters. The summed E-state index contributed by atoms with van der Waals surface area (Å²) in [5.41, 5.74) is 0.115. The monoisotopic (exact) mass is 487 g/mol. The van der Waals surface area contributed by atoms with Gasteiger partial charge in [-0.1, -0.05) is 43.5 Å². The van der Waals surface area contributed by atoms with E-state index in [1.807, 2.05) is 13.8 Å². The molecule has 0 spiro atoms. The number of ether oxygens (including phenoxy) is 1. The normalized spacial score (nSPS) is 24.8. The zero-order chi connectivity index (χ0) is 23.6. The fraction of sp³-hybridized carbons (Fsp3) is 0.474. The molecule has 1 aromatic carbocycles. The molecule has 2 aliphatic heterocycles. The van der Waals surface area contributed by atoms with Crippen molar-refractivity contribution in [2.45, 2.75) is 38.4 Å². The highest BCUT2D eigenvalue weighted by molar-refractivity contribution is 6.67. The average molecular weight is 488 g/mol. The molecule has 2 amide bonds. The summed E-state index contributed by atoms with van der Waals surface area (Å²) < 4.78 is 21.2. The van der Waals surface area contributed by atoms with E-state index >= 15 is 0 Å². The molecule has 1 aromatic rings. The fourth-order valence-corrected chi connectivity index (χ4v) is 4.01. The minimum absolute atomic E-state index is 0.0403. The molecule has 2 fully saturated rings. The fourth-order valence-electron chi connectivity index (χ4n) is 3.63. The number of fused-ring (bicyclic) bond motifs is 2. The van der Waals surface area contributed by atoms with Crippen LogP contribution >= 0.6 is 23.2 Å². The van der Waals surface area contributed by atoms with Crippen LogP contribution in [-0.4, -0.2) is 62.3 Å². The first kappa shape index (κ1) is 24.3. The van der Waals surface area contributed by atoms with Crippen molar-refractivity contribution in [1.29, 1.82) is 0 Å². The first-order valence-corrected chi connectivity index (χ1v) is 10.6. The Morgan fingerprint density at radius 3 is 2.59 bits per heavy atom. The van der Waals surface area contributed by atoms with E-state index in [2.05, 4.69) is 15.4 Å². The summed E-state index contributed by atoms with van der Waals surface area (Å²) in [6, 6.07) is 4.38. The SMILES string of the molecule is COC(=O)[C@@H]1O[B-]2(C(CC(C)C)NC(=O)CNC(=O)c3cc(Cl)ccc3Cl)OC(=O)[C@H]1O2. The van der Waals surface area contributed by atoms with E-state index in [1.165, 1.54) is 18.2 Å². The summed E-state index contributed by atoms with van der Waals surface area (Å²) in [5, 5.41) is 5.62. The van der Waals surface area contributed by atoms with Crippen LogP contribution in [0.15, 0.2) is 18.2 Å². The van der Waals surface area contributed by atoms with Gasteiger partial charge in [-0.05, 0) is 24.1 Å². The van der Waals surface area contributed by atoms with Gasteiger partial charge in [0.15, 0.2) is 6.10 Å². The summed E-state index contributed by atoms with van der Waals surface area (Å²) in [4.78, 5) is 49.1. The smallest absolute Gasteiger partial charge is 0.460 e. The number of benzene rings is 1. The highest BCUT2D eigenvalue weighted by Crippen LogP contribution is 2.38. The molecular formula is C19H22BCl2N2O8-. The number of carbonyl (C=O) groups is 4. The van der Waals surface area contributed by atoms with Crippen molar-refractivity contribution in [2.75, 3.05) is 13.7 Å². The molecule has 0 aliphatic carbocycles. The third-order valence-corrected chi connectivity index (χ3v) is 5.61. The zero-order valence-electron chi connectivity index (χ0n) is 17.6. The largest absolute Gasteiger partial charge is 0.640 e. The van der Waals surface area contributed by atoms with Gasteiger partial charge in [0.25, 0.3) is 11.9 Å². The summed E-state index contributed by atoms with van der Waals surface area (Å²) in [6.07, 6.45) is -2.23. The summed E-state index contributed by atoms with van der Waals surface area (Å²) in [6.45, 7) is 0.589. The molecule has 2 saturated heterocycles. The Labute approximate surface area is 194 Å². The van der Waals surface area contributed by atoms with Crippen LogP contribution in [0.25, 0.3) is 0 Å². The van der Waals surface area contributed by atoms with E-state index in [0.717, 1.165) is 7.11 Å². The van der Waals surface area contributed by atoms with Gasteiger partial charge in [-0.3, -0.25) is 14.4 Å². The molecule has 2 N–H and O–H groups in total. The molecule has 0 radical (unpaired) electrons. The van der Waals surface area contributed by atoms with E-state index < -0.39 is 55.2 Å². The van der Waals surface area contributed by atoms with Crippen molar-refractivity contribution >= 4 is 53.7 Å². The Hall–Kier alpha value is -2.34. The molecule has 2 bridgehead atoms. The molecule has 3 rings (SSSR count). The number of nitrogens with one attached hydrogen (secondary N) is 2. The van der Waals surface area contributed by atoms with Crippen molar-refractivity contribution < 1.29 is 37.9 Å². The highest BCUT2D eigenvalue weighted by atomic mass is 35.5. The second kappa shape index (κ2) is 9.66. The number of halogens is 2. The molecule has 2 heterocycles. The van der Waals surface area contributed by atoms with Gasteiger partial charge in [0.1, 0.15) is 6.10 Å². The Kier molecular flexibility index (Phi) is 7.34. The van der Waals surface area contributed by atoms with Gasteiger partial charge in [0, 0.05) is 11.0 Å². The van der Waals surface area contributed by atoms with E-state index in [-0.39, 0.29) is 16.5 Å². The van der Waals surface area contributed by atoms with Crippen LogP contribution in [0.3, 0.4) is 0 Å². The Morgan fingerprint density at radius 2 is 1.94 bits per heavy atom. The second-order valence-corrected chi connectivity index (χ2v) is 8.72. The van der Waals surface area contributed by atoms with Gasteiger partial charge < -0.3 is 29.3 Å². The van der Waals surface area contributed by atoms with Gasteiger partial charge >= 0.3 is 12.7 Å². The summed E-state index contributed by atoms with van der Waals surface area (Å²) in [7, 11) is 1.16. The van der Waals surface area contributed by atoms with E-state index in [0.29, 0.717) is 11.4 Å². The van der Waals surface area contributed by atoms with Crippen LogP contribution in [0.2, 0.25) is 10.0 Å². The minimum atomic E-state index is -2.78. The molecule has 0 aromatic heterocycles. The van der Waals surface area contributed by atoms with E-state index in [4.69, 9.17) is 37.2 Å². The Morgan fingerprint density at radius 1 is 1.22 bits per heavy atom. The lowest BCUT2D eigenvalue weighted by molar-refractivity contribution is -0.159. The number of hydrogen-bond acceptors (Lipinski definition) is 8. The molecular weight excluding hydrogens is 466 g/mol. The second-order valence-electron chi connectivity index (χ2n) is 7.88. The van der Waals surface area contributed by atoms with Crippen molar-refractivity contribution in [3.63, 3.8) is 0 Å². The van der Waals surface area contributed by atoms with Crippen molar-refractivity contribution in [1.82, 2.24) is 10.6 Å². The first-order valence-electron chi connectivity index (χ1n) is 9.89. The van der Waals surface area contributed by atoms with Crippen LogP contribution in [0.5, 0.6) is 0 Å². The maximum absolute atomic E-state index is 12.6. The first-order chi connectivity index (χ1) is 15.1. The summed E-state index contributed by atoms with van der Waals surface area (Å²) >= 11 is 11.9. The lowest BCUT2D eigenvalue weighted by atomic mass is 9.65. The number of amides is 2. The number of hydrogen-bond donors (Lipinski definition) is 2. The molecule has 2 aliphatic rings. The van der Waals surface area contributed by atoms with Crippen molar-refractivity contribution in [3.05, 3.63) is 33.8 Å². The standard InChI is InChI=1S/C19H22BCl2N2O8/c1-9(2)6-13(20-30-15(18(27)29-3)16(31-20)19(28)32-20)24-14(25)8-23-17(26)11-7-10(21)4-5-12(11)22/h4-5,7,9,13,15-16H,6,8H2,1-3H3,(H,23,26)(H,24,25)/q-1/t13?,15-,16+,20?/m1/s1. The Balaban J connectivity index is 1.69. The number of carbonyl (C=O) groups excluding carboxylic acids is 4. The van der Waals surface area contributed by atoms with Crippen LogP contribution in [-0.2, 0) is 33.1 Å². The van der Waals surface area contributed by atoms with Crippen LogP contribution < -0.4 is 10.6 Å². The van der Waals surface area contributed by atoms with Crippen LogP contribution in [0.1, 0.15) is 30.6 Å². The lowest BCUT2D eigenvalue weighted by Crippen LogP contribution is -2.62. The van der Waals surface area contributed by atoms with Crippen molar-refractivity contribution in [2.24, 2.45) is 5.92 Å². The number of esters is 1. The zero-order valence-corrected chi connectivity index (χ0v) is 19.1. The van der Waals surface area contributed by atoms with Crippen molar-refractivity contribution in [3.8, 4) is 0 Å². The highest BCUT2D eigenvalue weighted by Gasteiger charge is 2.62. The quantitative estimate of drug-likeness (QED) is 0.414. The van der Waals surface area contributed by atoms with Gasteiger partial charge in [-0.25, -0.2) is 4.79 Å². The number of rotatable bonds is 8. The Bertz CT molecular complexity index is 946. The predicted octanol–water partition coefficient (Wildman–Crippen LogP) is 1.25. The minimum Gasteiger partial charge on any atom is -0.640 e. The number of methoxy groups -OCH3 is 1. The molecule has 174 valence electrons. The van der Waals surface area contributed by atoms with E-state index in [9.17, 15) is 19.2 Å². The van der Waals surface area contributed by atoms with Crippen LogP contribution in [0.4, 0.5) is 0 Å². The molecule has 2 unspecified atom stereocenters. The average Bonchev–Trinajstić information content (AvgIpc) is 3.28. The lowest BCUT2D eigenvalue weighted by Gasteiger charge is -2.41. The maximum Gasteiger partial charge on any atom is 0.460 e. The molecule has 0 saturated carbocycles. The molecule has 10 nitrogen and oxygen atoms in total. The van der Waals surface area contributed by atoms with Gasteiger partial charge in [0.2, 0.25) is 5.91 Å². The summed E-state index contributed by atoms with van der Waals surface area (Å²) in [5.74, 6) is -3.58. The predicted molar refractivity (Wildman–Crippen MR) is 114 cm³/mol. The van der Waals surface area contributed by atoms with Gasteiger partial charge in [-0.15, -0.1) is 0 Å². The van der Waals surface area contributed by atoms with E-state index in [1.54, 1.807) is 0 Å². The van der Waals surface area contributed by atoms with Gasteiger partial charge in [-0.2, -0.15) is 0 Å². The third kappa shape index (κ3) is 5.01. The maximum atomic E-state index is 12.6. The topological polar surface area (TPSA) is 129 Å². The third-order valence-electron chi connectivity index (χ3n) is 5.04. The molecule has 13 heteroatoms. The molecule has 32 heavy (non-hydrogen) atoms. The van der Waals surface area contributed by atoms with Gasteiger partial charge in [0.05, 0.1) is 24.2 Å². The van der Waals surface area contributed by atoms with Crippen LogP contribution in [0, 0.1) is 5.92 Å².